The number of nitro benzene ring substituents is 1. The third-order valence-electron chi connectivity index (χ3n) is 3.24. The molecular formula is C15H11N3O4. The predicted octanol–water partition coefficient (Wildman–Crippen LogP) is 2.74. The van der Waals surface area contributed by atoms with E-state index in [1.165, 1.54) is 12.1 Å². The number of hydrogen-bond donors (Lipinski definition) is 1. The van der Waals surface area contributed by atoms with E-state index in [0.717, 1.165) is 5.56 Å². The fraction of sp³-hybridized carbons (Fsp3) is 0.0667. The Morgan fingerprint density at radius 1 is 1.23 bits per heavy atom. The number of amides is 1. The maximum atomic E-state index is 11.6. The first kappa shape index (κ1) is 13.7. The van der Waals surface area contributed by atoms with Crippen LogP contribution in [-0.4, -0.2) is 16.5 Å². The largest absolute Gasteiger partial charge is 0.457 e. The van der Waals surface area contributed by atoms with E-state index in [2.05, 4.69) is 10.5 Å². The van der Waals surface area contributed by atoms with Gasteiger partial charge < -0.3 is 4.42 Å². The molecule has 110 valence electrons. The van der Waals surface area contributed by atoms with Gasteiger partial charge in [-0.1, -0.05) is 0 Å². The Bertz CT molecular complexity index is 816. The summed E-state index contributed by atoms with van der Waals surface area (Å²) in [5, 5.41) is 14.5. The van der Waals surface area contributed by atoms with Gasteiger partial charge in [-0.3, -0.25) is 14.9 Å². The van der Waals surface area contributed by atoms with Crippen molar-refractivity contribution in [3.63, 3.8) is 0 Å². The molecule has 0 aliphatic carbocycles. The lowest BCUT2D eigenvalue weighted by Crippen LogP contribution is -2.12. The number of hydrazone groups is 1. The van der Waals surface area contributed by atoms with Crippen molar-refractivity contribution in [3.05, 3.63) is 57.8 Å². The number of nitrogens with zero attached hydrogens (tertiary/aromatic N) is 2. The molecule has 7 nitrogen and oxygen atoms in total. The summed E-state index contributed by atoms with van der Waals surface area (Å²) in [5.41, 5.74) is 4.15. The molecule has 0 atom stereocenters. The van der Waals surface area contributed by atoms with Gasteiger partial charge in [0.1, 0.15) is 11.5 Å². The highest BCUT2D eigenvalue weighted by atomic mass is 16.6. The molecule has 22 heavy (non-hydrogen) atoms. The minimum absolute atomic E-state index is 0.0205. The van der Waals surface area contributed by atoms with Gasteiger partial charge in [-0.25, -0.2) is 5.43 Å². The number of carbonyl (C=O) groups is 1. The van der Waals surface area contributed by atoms with Crippen molar-refractivity contribution in [2.24, 2.45) is 5.10 Å². The minimum Gasteiger partial charge on any atom is -0.457 e. The second-order valence-electron chi connectivity index (χ2n) is 4.70. The van der Waals surface area contributed by atoms with E-state index in [9.17, 15) is 14.9 Å². The van der Waals surface area contributed by atoms with Gasteiger partial charge in [0, 0.05) is 17.7 Å². The van der Waals surface area contributed by atoms with Gasteiger partial charge in [-0.05, 0) is 37.3 Å². The Balaban J connectivity index is 1.88. The SMILES string of the molecule is CC1=NNC(=O)/C1=C\c1ccc(-c2ccc([N+](=O)[O-])cc2)o1. The van der Waals surface area contributed by atoms with Gasteiger partial charge >= 0.3 is 0 Å². The quantitative estimate of drug-likeness (QED) is 0.535. The molecule has 0 unspecified atom stereocenters. The molecule has 1 aliphatic heterocycles. The van der Waals surface area contributed by atoms with Crippen LogP contribution in [0.2, 0.25) is 0 Å². The molecule has 1 N–H and O–H groups in total. The van der Waals surface area contributed by atoms with E-state index in [-0.39, 0.29) is 11.6 Å². The number of nitrogens with one attached hydrogen (secondary N) is 1. The lowest BCUT2D eigenvalue weighted by atomic mass is 10.1. The second kappa shape index (κ2) is 5.28. The molecule has 1 aromatic carbocycles. The Morgan fingerprint density at radius 3 is 2.55 bits per heavy atom. The molecule has 0 radical (unpaired) electrons. The van der Waals surface area contributed by atoms with Crippen LogP contribution in [-0.2, 0) is 4.79 Å². The number of non-ortho nitro benzene ring substituents is 1. The minimum atomic E-state index is -0.456. The molecule has 1 aromatic heterocycles. The van der Waals surface area contributed by atoms with E-state index in [1.54, 1.807) is 37.3 Å². The van der Waals surface area contributed by atoms with Crippen molar-refractivity contribution in [2.75, 3.05) is 0 Å². The van der Waals surface area contributed by atoms with Crippen LogP contribution < -0.4 is 5.43 Å². The summed E-state index contributed by atoms with van der Waals surface area (Å²) in [6.45, 7) is 1.73. The van der Waals surface area contributed by atoms with Crippen molar-refractivity contribution in [1.82, 2.24) is 5.43 Å². The summed E-state index contributed by atoms with van der Waals surface area (Å²) in [4.78, 5) is 21.7. The van der Waals surface area contributed by atoms with E-state index in [1.807, 2.05) is 0 Å². The third-order valence-corrected chi connectivity index (χ3v) is 3.24. The number of carbonyl (C=O) groups excluding carboxylic acids is 1. The first-order chi connectivity index (χ1) is 10.5. The van der Waals surface area contributed by atoms with Crippen LogP contribution >= 0.6 is 0 Å². The fourth-order valence-electron chi connectivity index (χ4n) is 2.06. The lowest BCUT2D eigenvalue weighted by Gasteiger charge is -1.97. The van der Waals surface area contributed by atoms with Crippen LogP contribution in [0, 0.1) is 10.1 Å². The highest BCUT2D eigenvalue weighted by Gasteiger charge is 2.19. The Kier molecular flexibility index (Phi) is 3.30. The summed E-state index contributed by atoms with van der Waals surface area (Å²) in [6, 6.07) is 9.52. The summed E-state index contributed by atoms with van der Waals surface area (Å²) < 4.78 is 5.65. The Labute approximate surface area is 125 Å². The maximum absolute atomic E-state index is 11.6. The highest BCUT2D eigenvalue weighted by Crippen LogP contribution is 2.25. The molecule has 0 fully saturated rings. The zero-order chi connectivity index (χ0) is 15.7. The molecule has 7 heteroatoms. The van der Waals surface area contributed by atoms with Crippen LogP contribution in [0.5, 0.6) is 0 Å². The molecule has 1 amide bonds. The normalized spacial score (nSPS) is 15.8. The molecule has 0 saturated carbocycles. The van der Waals surface area contributed by atoms with E-state index in [0.29, 0.717) is 22.8 Å². The van der Waals surface area contributed by atoms with Gasteiger partial charge in [-0.15, -0.1) is 0 Å². The number of benzene rings is 1. The van der Waals surface area contributed by atoms with E-state index < -0.39 is 4.92 Å². The average molecular weight is 297 g/mol. The first-order valence-electron chi connectivity index (χ1n) is 6.46. The lowest BCUT2D eigenvalue weighted by molar-refractivity contribution is -0.384. The zero-order valence-electron chi connectivity index (χ0n) is 11.6. The van der Waals surface area contributed by atoms with Crippen LogP contribution in [0.3, 0.4) is 0 Å². The van der Waals surface area contributed by atoms with Crippen molar-refractivity contribution >= 4 is 23.4 Å². The first-order valence-corrected chi connectivity index (χ1v) is 6.46. The standard InChI is InChI=1S/C15H11N3O4/c1-9-13(15(19)17-16-9)8-12-6-7-14(22-12)10-2-4-11(5-3-10)18(20)21/h2-8H,1H3,(H,17,19)/b13-8-. The topological polar surface area (TPSA) is 97.7 Å². The zero-order valence-corrected chi connectivity index (χ0v) is 11.6. The van der Waals surface area contributed by atoms with E-state index >= 15 is 0 Å². The van der Waals surface area contributed by atoms with Crippen LogP contribution in [0.4, 0.5) is 5.69 Å². The molecule has 2 aromatic rings. The van der Waals surface area contributed by atoms with Gasteiger partial charge in [0.25, 0.3) is 11.6 Å². The number of nitro groups is 1. The molecule has 1 aliphatic rings. The molecule has 0 bridgehead atoms. The highest BCUT2D eigenvalue weighted by molar-refractivity contribution is 6.26. The monoisotopic (exact) mass is 297 g/mol. The third kappa shape index (κ3) is 2.51. The molecule has 2 heterocycles. The molecular weight excluding hydrogens is 286 g/mol. The van der Waals surface area contributed by atoms with Crippen LogP contribution in [0.15, 0.2) is 51.5 Å². The van der Waals surface area contributed by atoms with Gasteiger partial charge in [0.15, 0.2) is 0 Å². The van der Waals surface area contributed by atoms with Gasteiger partial charge in [0.2, 0.25) is 0 Å². The van der Waals surface area contributed by atoms with Crippen LogP contribution in [0.1, 0.15) is 12.7 Å². The van der Waals surface area contributed by atoms with Crippen LogP contribution in [0.25, 0.3) is 17.4 Å². The summed E-state index contributed by atoms with van der Waals surface area (Å²) in [5.74, 6) is 0.801. The Morgan fingerprint density at radius 2 is 1.95 bits per heavy atom. The fourth-order valence-corrected chi connectivity index (χ4v) is 2.06. The second-order valence-corrected chi connectivity index (χ2v) is 4.70. The van der Waals surface area contributed by atoms with Crippen molar-refractivity contribution in [1.29, 1.82) is 0 Å². The average Bonchev–Trinajstić information content (AvgIpc) is 3.10. The van der Waals surface area contributed by atoms with Crippen molar-refractivity contribution in [2.45, 2.75) is 6.92 Å². The van der Waals surface area contributed by atoms with Gasteiger partial charge in [0.05, 0.1) is 16.2 Å². The molecule has 0 spiro atoms. The molecule has 0 saturated heterocycles. The Hall–Kier alpha value is -3.22. The van der Waals surface area contributed by atoms with Gasteiger partial charge in [-0.2, -0.15) is 5.10 Å². The van der Waals surface area contributed by atoms with E-state index in [4.69, 9.17) is 4.42 Å². The van der Waals surface area contributed by atoms with Crippen molar-refractivity contribution < 1.29 is 14.1 Å². The number of hydrogen-bond acceptors (Lipinski definition) is 5. The predicted molar refractivity (Wildman–Crippen MR) is 80.0 cm³/mol. The van der Waals surface area contributed by atoms with Crippen molar-refractivity contribution in [3.8, 4) is 11.3 Å². The number of furan rings is 1. The molecule has 3 rings (SSSR count). The maximum Gasteiger partial charge on any atom is 0.273 e. The summed E-state index contributed by atoms with van der Waals surface area (Å²) in [6.07, 6.45) is 1.61. The summed E-state index contributed by atoms with van der Waals surface area (Å²) in [7, 11) is 0. The number of rotatable bonds is 3. The summed E-state index contributed by atoms with van der Waals surface area (Å²) >= 11 is 0. The smallest absolute Gasteiger partial charge is 0.273 e.